The van der Waals surface area contributed by atoms with Gasteiger partial charge in [-0.3, -0.25) is 4.79 Å². The van der Waals surface area contributed by atoms with Gasteiger partial charge in [0.25, 0.3) is 0 Å². The van der Waals surface area contributed by atoms with Crippen LogP contribution in [-0.2, 0) is 4.79 Å². The van der Waals surface area contributed by atoms with Crippen LogP contribution in [0, 0.1) is 0 Å². The van der Waals surface area contributed by atoms with E-state index < -0.39 is 0 Å². The highest BCUT2D eigenvalue weighted by Crippen LogP contribution is 2.21. The van der Waals surface area contributed by atoms with Crippen molar-refractivity contribution in [1.29, 1.82) is 0 Å². The van der Waals surface area contributed by atoms with Crippen molar-refractivity contribution in [1.82, 2.24) is 15.1 Å². The molecule has 21 heavy (non-hydrogen) atoms. The first-order valence-electron chi connectivity index (χ1n) is 8.71. The second-order valence-corrected chi connectivity index (χ2v) is 6.74. The lowest BCUT2D eigenvalue weighted by atomic mass is 9.94. The summed E-state index contributed by atoms with van der Waals surface area (Å²) in [6, 6.07) is 0.824. The minimum atomic E-state index is 0.183. The Hall–Kier alpha value is -0.610. The van der Waals surface area contributed by atoms with Crippen molar-refractivity contribution in [2.45, 2.75) is 63.8 Å². The van der Waals surface area contributed by atoms with E-state index >= 15 is 0 Å². The molecule has 1 fully saturated rings. The lowest BCUT2D eigenvalue weighted by molar-refractivity contribution is -0.121. The zero-order valence-corrected chi connectivity index (χ0v) is 14.4. The minimum Gasteiger partial charge on any atom is -0.356 e. The standard InChI is InChI=1S/C17H35N3O/c1-19(2)15-12-17(21)18-13-8-5-9-14-20(3)16-10-6-4-7-11-16/h16H,4-15H2,1-3H3,(H,18,21). The first-order valence-corrected chi connectivity index (χ1v) is 8.71. The molecule has 0 heterocycles. The number of unbranched alkanes of at least 4 members (excludes halogenated alkanes) is 2. The molecule has 0 aromatic heterocycles. The van der Waals surface area contributed by atoms with Gasteiger partial charge in [0.15, 0.2) is 0 Å². The van der Waals surface area contributed by atoms with Crippen LogP contribution in [0.15, 0.2) is 0 Å². The molecule has 4 nitrogen and oxygen atoms in total. The number of carbonyl (C=O) groups is 1. The molecule has 1 aliphatic carbocycles. The molecule has 4 heteroatoms. The van der Waals surface area contributed by atoms with Crippen molar-refractivity contribution in [3.8, 4) is 0 Å². The van der Waals surface area contributed by atoms with Crippen molar-refractivity contribution in [3.05, 3.63) is 0 Å². The van der Waals surface area contributed by atoms with Crippen LogP contribution in [0.2, 0.25) is 0 Å². The second kappa shape index (κ2) is 11.0. The summed E-state index contributed by atoms with van der Waals surface area (Å²) in [4.78, 5) is 16.1. The number of amides is 1. The summed E-state index contributed by atoms with van der Waals surface area (Å²) in [6.07, 6.45) is 11.2. The topological polar surface area (TPSA) is 35.6 Å². The SMILES string of the molecule is CN(C)CCC(=O)NCCCCCN(C)C1CCCCC1. The average molecular weight is 297 g/mol. The van der Waals surface area contributed by atoms with E-state index in [1.165, 1.54) is 51.5 Å². The summed E-state index contributed by atoms with van der Waals surface area (Å²) < 4.78 is 0. The molecule has 1 rings (SSSR count). The molecule has 0 atom stereocenters. The van der Waals surface area contributed by atoms with E-state index in [2.05, 4.69) is 17.3 Å². The highest BCUT2D eigenvalue weighted by Gasteiger charge is 2.17. The number of nitrogens with zero attached hydrogens (tertiary/aromatic N) is 2. The molecule has 0 saturated heterocycles. The number of hydrogen-bond donors (Lipinski definition) is 1. The molecule has 0 radical (unpaired) electrons. The van der Waals surface area contributed by atoms with Gasteiger partial charge < -0.3 is 15.1 Å². The van der Waals surface area contributed by atoms with Gasteiger partial charge in [0.2, 0.25) is 5.91 Å². The number of rotatable bonds is 10. The Morgan fingerprint density at radius 2 is 1.71 bits per heavy atom. The molecule has 0 aromatic rings. The monoisotopic (exact) mass is 297 g/mol. The molecule has 0 bridgehead atoms. The molecule has 124 valence electrons. The highest BCUT2D eigenvalue weighted by molar-refractivity contribution is 5.75. The maximum Gasteiger partial charge on any atom is 0.221 e. The van der Waals surface area contributed by atoms with Crippen LogP contribution in [0.25, 0.3) is 0 Å². The summed E-state index contributed by atoms with van der Waals surface area (Å²) >= 11 is 0. The largest absolute Gasteiger partial charge is 0.356 e. The summed E-state index contributed by atoms with van der Waals surface area (Å²) in [5.74, 6) is 0.183. The predicted octanol–water partition coefficient (Wildman–Crippen LogP) is 2.49. The van der Waals surface area contributed by atoms with E-state index in [0.717, 1.165) is 25.6 Å². The van der Waals surface area contributed by atoms with E-state index in [4.69, 9.17) is 0 Å². The molecular weight excluding hydrogens is 262 g/mol. The van der Waals surface area contributed by atoms with Gasteiger partial charge in [0, 0.05) is 25.6 Å². The van der Waals surface area contributed by atoms with Gasteiger partial charge in [-0.2, -0.15) is 0 Å². The lowest BCUT2D eigenvalue weighted by Crippen LogP contribution is -2.34. The van der Waals surface area contributed by atoms with E-state index in [9.17, 15) is 4.79 Å². The van der Waals surface area contributed by atoms with Crippen LogP contribution < -0.4 is 5.32 Å². The van der Waals surface area contributed by atoms with Crippen molar-refractivity contribution in [3.63, 3.8) is 0 Å². The van der Waals surface area contributed by atoms with Gasteiger partial charge in [-0.1, -0.05) is 25.7 Å². The first kappa shape index (κ1) is 18.4. The Morgan fingerprint density at radius 3 is 2.38 bits per heavy atom. The maximum absolute atomic E-state index is 11.5. The van der Waals surface area contributed by atoms with Crippen LogP contribution in [0.3, 0.4) is 0 Å². The molecule has 0 spiro atoms. The van der Waals surface area contributed by atoms with Crippen molar-refractivity contribution in [2.24, 2.45) is 0 Å². The van der Waals surface area contributed by atoms with Crippen LogP contribution in [-0.4, -0.2) is 62.5 Å². The third kappa shape index (κ3) is 9.10. The third-order valence-electron chi connectivity index (χ3n) is 4.49. The molecule has 1 N–H and O–H groups in total. The van der Waals surface area contributed by atoms with Crippen LogP contribution >= 0.6 is 0 Å². The van der Waals surface area contributed by atoms with Gasteiger partial charge >= 0.3 is 0 Å². The Bertz CT molecular complexity index is 275. The number of carbonyl (C=O) groups excluding carboxylic acids is 1. The van der Waals surface area contributed by atoms with E-state index in [1.54, 1.807) is 0 Å². The zero-order valence-electron chi connectivity index (χ0n) is 14.4. The van der Waals surface area contributed by atoms with Crippen molar-refractivity contribution < 1.29 is 4.79 Å². The maximum atomic E-state index is 11.5. The fraction of sp³-hybridized carbons (Fsp3) is 0.941. The van der Waals surface area contributed by atoms with Crippen LogP contribution in [0.5, 0.6) is 0 Å². The Kier molecular flexibility index (Phi) is 9.68. The van der Waals surface area contributed by atoms with Gasteiger partial charge in [-0.25, -0.2) is 0 Å². The summed E-state index contributed by atoms with van der Waals surface area (Å²) in [5, 5.41) is 3.01. The van der Waals surface area contributed by atoms with Crippen molar-refractivity contribution >= 4 is 5.91 Å². The zero-order chi connectivity index (χ0) is 15.5. The molecule has 1 saturated carbocycles. The molecule has 0 unspecified atom stereocenters. The molecule has 0 aliphatic heterocycles. The Balaban J connectivity index is 1.93. The molecule has 1 amide bonds. The van der Waals surface area contributed by atoms with E-state index in [-0.39, 0.29) is 5.91 Å². The summed E-state index contributed by atoms with van der Waals surface area (Å²) in [5.41, 5.74) is 0. The van der Waals surface area contributed by atoms with Gasteiger partial charge in [-0.15, -0.1) is 0 Å². The quantitative estimate of drug-likeness (QED) is 0.629. The fourth-order valence-electron chi connectivity index (χ4n) is 3.01. The minimum absolute atomic E-state index is 0.183. The second-order valence-electron chi connectivity index (χ2n) is 6.74. The first-order chi connectivity index (χ1) is 10.1. The Morgan fingerprint density at radius 1 is 1.00 bits per heavy atom. The molecule has 0 aromatic carbocycles. The smallest absolute Gasteiger partial charge is 0.221 e. The fourth-order valence-corrected chi connectivity index (χ4v) is 3.01. The van der Waals surface area contributed by atoms with E-state index in [0.29, 0.717) is 6.42 Å². The summed E-state index contributed by atoms with van der Waals surface area (Å²) in [6.45, 7) is 2.87. The average Bonchev–Trinajstić information content (AvgIpc) is 2.49. The molecular formula is C17H35N3O. The van der Waals surface area contributed by atoms with Crippen LogP contribution in [0.1, 0.15) is 57.8 Å². The van der Waals surface area contributed by atoms with Gasteiger partial charge in [-0.05, 0) is 53.4 Å². The van der Waals surface area contributed by atoms with Crippen LogP contribution in [0.4, 0.5) is 0 Å². The van der Waals surface area contributed by atoms with Gasteiger partial charge in [0.1, 0.15) is 0 Å². The number of hydrogen-bond acceptors (Lipinski definition) is 3. The van der Waals surface area contributed by atoms with Crippen molar-refractivity contribution in [2.75, 3.05) is 40.8 Å². The van der Waals surface area contributed by atoms with E-state index in [1.807, 2.05) is 19.0 Å². The number of nitrogens with one attached hydrogen (secondary N) is 1. The predicted molar refractivity (Wildman–Crippen MR) is 89.5 cm³/mol. The lowest BCUT2D eigenvalue weighted by Gasteiger charge is -2.31. The summed E-state index contributed by atoms with van der Waals surface area (Å²) in [7, 11) is 6.27. The third-order valence-corrected chi connectivity index (χ3v) is 4.49. The highest BCUT2D eigenvalue weighted by atomic mass is 16.1. The normalized spacial score (nSPS) is 16.6. The van der Waals surface area contributed by atoms with Gasteiger partial charge in [0.05, 0.1) is 0 Å². The Labute approximate surface area is 131 Å². The molecule has 1 aliphatic rings.